The van der Waals surface area contributed by atoms with Gasteiger partial charge in [0.1, 0.15) is 6.17 Å². The van der Waals surface area contributed by atoms with Crippen LogP contribution >= 0.6 is 0 Å². The van der Waals surface area contributed by atoms with Gasteiger partial charge in [0.2, 0.25) is 0 Å². The molecule has 4 nitrogen and oxygen atoms in total. The van der Waals surface area contributed by atoms with Gasteiger partial charge in [-0.05, 0) is 93.3 Å². The summed E-state index contributed by atoms with van der Waals surface area (Å²) in [5.74, 6) is 1.52. The molecule has 168 valence electrons. The molecule has 0 radical (unpaired) electrons. The van der Waals surface area contributed by atoms with E-state index in [1.165, 1.54) is 18.4 Å². The molecule has 2 fully saturated rings. The van der Waals surface area contributed by atoms with E-state index in [-0.39, 0.29) is 5.92 Å². The molecule has 3 heterocycles. The highest BCUT2D eigenvalue weighted by atomic mass is 19.1. The maximum absolute atomic E-state index is 13.8. The second-order valence-electron chi connectivity index (χ2n) is 9.63. The Morgan fingerprint density at radius 1 is 1.23 bits per heavy atom. The summed E-state index contributed by atoms with van der Waals surface area (Å²) in [7, 11) is 0. The highest BCUT2D eigenvalue weighted by Gasteiger charge is 2.32. The molecule has 1 aliphatic carbocycles. The minimum Gasteiger partial charge on any atom is -0.345 e. The number of aromatic nitrogens is 2. The number of hydrogen-bond acceptors (Lipinski definition) is 3. The van der Waals surface area contributed by atoms with Crippen molar-refractivity contribution < 1.29 is 4.39 Å². The molecule has 0 aromatic carbocycles. The first-order valence-electron chi connectivity index (χ1n) is 11.9. The Hall–Kier alpha value is -2.14. The SMILES string of the molecule is C=CCCN(C=C)c1cnn2ccc(CC3CCN(CC4CC(C)C(F)C4)CC3)cc12. The average Bonchev–Trinajstić information content (AvgIpc) is 3.32. The summed E-state index contributed by atoms with van der Waals surface area (Å²) in [5, 5.41) is 4.52. The van der Waals surface area contributed by atoms with Crippen LogP contribution < -0.4 is 4.90 Å². The molecule has 2 aromatic rings. The van der Waals surface area contributed by atoms with Gasteiger partial charge in [-0.1, -0.05) is 19.6 Å². The standard InChI is InChI=1S/C26H37FN4/c1-4-6-10-30(5-2)26-18-28-31-13-9-22(17-25(26)31)15-21-7-11-29(12-8-21)19-23-14-20(3)24(27)16-23/h4-5,9,13,17-18,20-21,23-24H,1-2,6-8,10-12,14-16,19H2,3H3. The van der Waals surface area contributed by atoms with Crippen molar-refractivity contribution in [1.82, 2.24) is 14.5 Å². The molecule has 1 saturated heterocycles. The molecule has 2 aliphatic rings. The van der Waals surface area contributed by atoms with E-state index in [9.17, 15) is 4.39 Å². The maximum Gasteiger partial charge on any atom is 0.103 e. The Bertz CT molecular complexity index is 873. The number of likely N-dealkylation sites (tertiary alicyclic amines) is 1. The number of hydrogen-bond donors (Lipinski definition) is 0. The Kier molecular flexibility index (Phi) is 7.11. The van der Waals surface area contributed by atoms with Crippen LogP contribution in [0.5, 0.6) is 0 Å². The van der Waals surface area contributed by atoms with Crippen molar-refractivity contribution in [3.8, 4) is 0 Å². The van der Waals surface area contributed by atoms with E-state index >= 15 is 0 Å². The zero-order chi connectivity index (χ0) is 21.8. The van der Waals surface area contributed by atoms with Gasteiger partial charge in [0.15, 0.2) is 0 Å². The molecular weight excluding hydrogens is 387 g/mol. The lowest BCUT2D eigenvalue weighted by Crippen LogP contribution is -2.37. The second kappa shape index (κ2) is 9.99. The van der Waals surface area contributed by atoms with Gasteiger partial charge in [0.05, 0.1) is 17.4 Å². The average molecular weight is 425 g/mol. The predicted molar refractivity (Wildman–Crippen MR) is 127 cm³/mol. The number of halogens is 1. The third-order valence-corrected chi connectivity index (χ3v) is 7.30. The normalized spacial score (nSPS) is 25.2. The van der Waals surface area contributed by atoms with E-state index in [0.29, 0.717) is 5.92 Å². The number of pyridine rings is 1. The smallest absolute Gasteiger partial charge is 0.103 e. The summed E-state index contributed by atoms with van der Waals surface area (Å²) >= 11 is 0. The van der Waals surface area contributed by atoms with Crippen LogP contribution in [0.25, 0.3) is 5.52 Å². The van der Waals surface area contributed by atoms with E-state index in [0.717, 1.165) is 69.0 Å². The predicted octanol–water partition coefficient (Wildman–Crippen LogP) is 5.50. The maximum atomic E-state index is 13.8. The lowest BCUT2D eigenvalue weighted by atomic mass is 9.90. The van der Waals surface area contributed by atoms with E-state index in [4.69, 9.17) is 0 Å². The van der Waals surface area contributed by atoms with Gasteiger partial charge in [-0.15, -0.1) is 6.58 Å². The van der Waals surface area contributed by atoms with Crippen LogP contribution in [-0.4, -0.2) is 46.9 Å². The Morgan fingerprint density at radius 3 is 2.71 bits per heavy atom. The van der Waals surface area contributed by atoms with E-state index in [2.05, 4.69) is 53.3 Å². The highest BCUT2D eigenvalue weighted by molar-refractivity contribution is 5.74. The number of rotatable bonds is 9. The van der Waals surface area contributed by atoms with Crippen LogP contribution in [0.4, 0.5) is 10.1 Å². The lowest BCUT2D eigenvalue weighted by Gasteiger charge is -2.33. The van der Waals surface area contributed by atoms with E-state index < -0.39 is 6.17 Å². The molecule has 31 heavy (non-hydrogen) atoms. The Morgan fingerprint density at radius 2 is 2.03 bits per heavy atom. The first-order valence-corrected chi connectivity index (χ1v) is 11.9. The molecule has 1 saturated carbocycles. The summed E-state index contributed by atoms with van der Waals surface area (Å²) in [6.45, 7) is 14.1. The zero-order valence-electron chi connectivity index (χ0n) is 18.9. The molecule has 0 amide bonds. The van der Waals surface area contributed by atoms with Crippen molar-refractivity contribution >= 4 is 11.2 Å². The van der Waals surface area contributed by atoms with Crippen molar-refractivity contribution in [3.63, 3.8) is 0 Å². The van der Waals surface area contributed by atoms with Gasteiger partial charge in [0.25, 0.3) is 0 Å². The van der Waals surface area contributed by atoms with Gasteiger partial charge in [-0.25, -0.2) is 8.91 Å². The van der Waals surface area contributed by atoms with Crippen molar-refractivity contribution in [2.24, 2.45) is 17.8 Å². The minimum absolute atomic E-state index is 0.250. The minimum atomic E-state index is -0.584. The third-order valence-electron chi connectivity index (χ3n) is 7.30. The third kappa shape index (κ3) is 5.20. The van der Waals surface area contributed by atoms with Crippen molar-refractivity contribution in [1.29, 1.82) is 0 Å². The summed E-state index contributed by atoms with van der Waals surface area (Å²) in [6, 6.07) is 4.50. The fraction of sp³-hybridized carbons (Fsp3) is 0.577. The number of anilines is 1. The fourth-order valence-corrected chi connectivity index (χ4v) is 5.44. The first kappa shape index (κ1) is 22.1. The van der Waals surface area contributed by atoms with E-state index in [1.54, 1.807) is 0 Å². The highest BCUT2D eigenvalue weighted by Crippen LogP contribution is 2.34. The van der Waals surface area contributed by atoms with Crippen molar-refractivity contribution in [3.05, 3.63) is 55.5 Å². The number of piperidine rings is 1. The summed E-state index contributed by atoms with van der Waals surface area (Å²) in [5.41, 5.74) is 3.62. The van der Waals surface area contributed by atoms with Gasteiger partial charge in [-0.2, -0.15) is 5.10 Å². The summed E-state index contributed by atoms with van der Waals surface area (Å²) in [4.78, 5) is 4.73. The van der Waals surface area contributed by atoms with Crippen molar-refractivity contribution in [2.75, 3.05) is 31.1 Å². The second-order valence-corrected chi connectivity index (χ2v) is 9.63. The molecule has 2 aromatic heterocycles. The van der Waals surface area contributed by atoms with Gasteiger partial charge in [0, 0.05) is 19.3 Å². The first-order chi connectivity index (χ1) is 15.1. The van der Waals surface area contributed by atoms with Crippen LogP contribution in [0.15, 0.2) is 50.0 Å². The summed E-state index contributed by atoms with van der Waals surface area (Å²) in [6.07, 6.45) is 13.5. The number of nitrogens with zero attached hydrogens (tertiary/aromatic N) is 4. The van der Waals surface area contributed by atoms with Crippen LogP contribution in [0.2, 0.25) is 0 Å². The Balaban J connectivity index is 1.34. The summed E-state index contributed by atoms with van der Waals surface area (Å²) < 4.78 is 15.8. The molecule has 1 aliphatic heterocycles. The molecular formula is C26H37FN4. The van der Waals surface area contributed by atoms with Gasteiger partial charge >= 0.3 is 0 Å². The van der Waals surface area contributed by atoms with Gasteiger partial charge < -0.3 is 9.80 Å². The topological polar surface area (TPSA) is 23.8 Å². The molecule has 3 atom stereocenters. The monoisotopic (exact) mass is 424 g/mol. The zero-order valence-corrected chi connectivity index (χ0v) is 18.9. The lowest BCUT2D eigenvalue weighted by molar-refractivity contribution is 0.158. The molecule has 4 rings (SSSR count). The van der Waals surface area contributed by atoms with Crippen molar-refractivity contribution in [2.45, 2.75) is 51.6 Å². The van der Waals surface area contributed by atoms with Crippen LogP contribution in [0.3, 0.4) is 0 Å². The van der Waals surface area contributed by atoms with Crippen LogP contribution in [0.1, 0.15) is 44.6 Å². The molecule has 3 unspecified atom stereocenters. The number of fused-ring (bicyclic) bond motifs is 1. The quantitative estimate of drug-likeness (QED) is 0.497. The largest absolute Gasteiger partial charge is 0.345 e. The number of alkyl halides is 1. The Labute approximate surface area is 186 Å². The van der Waals surface area contributed by atoms with Crippen LogP contribution in [0, 0.1) is 17.8 Å². The molecule has 0 N–H and O–H groups in total. The fourth-order valence-electron chi connectivity index (χ4n) is 5.44. The van der Waals surface area contributed by atoms with E-state index in [1.807, 2.05) is 23.0 Å². The molecule has 0 spiro atoms. The van der Waals surface area contributed by atoms with Gasteiger partial charge in [-0.3, -0.25) is 0 Å². The molecule has 0 bridgehead atoms. The van der Waals surface area contributed by atoms with Crippen LogP contribution in [-0.2, 0) is 6.42 Å². The molecule has 5 heteroatoms.